The first-order chi connectivity index (χ1) is 11.1. The van der Waals surface area contributed by atoms with Crippen LogP contribution in [0.4, 0.5) is 14.6 Å². The maximum Gasteiger partial charge on any atom is 0.371 e. The molecule has 0 spiro atoms. The fourth-order valence-corrected chi connectivity index (χ4v) is 2.32. The highest BCUT2D eigenvalue weighted by atomic mass is 19.1. The Hall–Kier alpha value is -3.15. The fourth-order valence-electron chi connectivity index (χ4n) is 2.32. The standard InChI is InChI=1S/C17H10F2N2O2/c18-15-7-3-1-5-12(15)11-9-14(17(20-10-11)21(22)23)13-6-2-4-8-16(13)19/h1-10H. The van der Waals surface area contributed by atoms with Crippen LogP contribution < -0.4 is 0 Å². The van der Waals surface area contributed by atoms with Gasteiger partial charge in [-0.25, -0.2) is 8.78 Å². The van der Waals surface area contributed by atoms with E-state index in [0.717, 1.165) is 0 Å². The lowest BCUT2D eigenvalue weighted by Gasteiger charge is -2.07. The highest BCUT2D eigenvalue weighted by Crippen LogP contribution is 2.34. The van der Waals surface area contributed by atoms with Crippen LogP contribution in [0.5, 0.6) is 0 Å². The molecular weight excluding hydrogens is 302 g/mol. The summed E-state index contributed by atoms with van der Waals surface area (Å²) < 4.78 is 27.9. The molecule has 3 aromatic rings. The van der Waals surface area contributed by atoms with Crippen molar-refractivity contribution in [1.29, 1.82) is 0 Å². The summed E-state index contributed by atoms with van der Waals surface area (Å²) in [6.45, 7) is 0. The van der Waals surface area contributed by atoms with E-state index in [2.05, 4.69) is 4.98 Å². The van der Waals surface area contributed by atoms with Gasteiger partial charge in [0.05, 0.1) is 5.56 Å². The Labute approximate surface area is 130 Å². The van der Waals surface area contributed by atoms with Crippen molar-refractivity contribution in [3.63, 3.8) is 0 Å². The van der Waals surface area contributed by atoms with Crippen molar-refractivity contribution in [2.24, 2.45) is 0 Å². The minimum Gasteiger partial charge on any atom is -0.358 e. The summed E-state index contributed by atoms with van der Waals surface area (Å²) in [5.74, 6) is -1.57. The molecule has 0 aliphatic carbocycles. The maximum absolute atomic E-state index is 14.0. The van der Waals surface area contributed by atoms with Crippen molar-refractivity contribution in [3.8, 4) is 22.3 Å². The van der Waals surface area contributed by atoms with E-state index in [1.54, 1.807) is 12.1 Å². The number of nitrogens with zero attached hydrogens (tertiary/aromatic N) is 2. The van der Waals surface area contributed by atoms with E-state index < -0.39 is 22.4 Å². The van der Waals surface area contributed by atoms with Gasteiger partial charge in [0.1, 0.15) is 17.8 Å². The Morgan fingerprint density at radius 1 is 0.870 bits per heavy atom. The third kappa shape index (κ3) is 2.78. The largest absolute Gasteiger partial charge is 0.371 e. The van der Waals surface area contributed by atoms with Gasteiger partial charge in [-0.3, -0.25) is 0 Å². The van der Waals surface area contributed by atoms with Gasteiger partial charge >= 0.3 is 5.82 Å². The topological polar surface area (TPSA) is 56.0 Å². The van der Waals surface area contributed by atoms with Gasteiger partial charge in [-0.1, -0.05) is 36.4 Å². The number of rotatable bonds is 3. The first-order valence-electron chi connectivity index (χ1n) is 6.72. The number of halogens is 2. The van der Waals surface area contributed by atoms with Crippen molar-refractivity contribution in [2.75, 3.05) is 0 Å². The van der Waals surface area contributed by atoms with Crippen molar-refractivity contribution in [3.05, 3.63) is 82.5 Å². The second-order valence-electron chi connectivity index (χ2n) is 4.81. The summed E-state index contributed by atoms with van der Waals surface area (Å²) >= 11 is 0. The Morgan fingerprint density at radius 3 is 2.00 bits per heavy atom. The van der Waals surface area contributed by atoms with Crippen LogP contribution in [0.15, 0.2) is 60.8 Å². The number of nitro groups is 1. The summed E-state index contributed by atoms with van der Waals surface area (Å²) in [4.78, 5) is 14.3. The molecule has 1 aromatic heterocycles. The van der Waals surface area contributed by atoms with Gasteiger partial charge in [0, 0.05) is 16.7 Å². The Morgan fingerprint density at radius 2 is 1.43 bits per heavy atom. The van der Waals surface area contributed by atoms with E-state index in [0.29, 0.717) is 5.56 Å². The van der Waals surface area contributed by atoms with E-state index in [1.165, 1.54) is 48.7 Å². The average Bonchev–Trinajstić information content (AvgIpc) is 2.55. The van der Waals surface area contributed by atoms with Gasteiger partial charge < -0.3 is 10.1 Å². The SMILES string of the molecule is O=[N+]([O-])c1ncc(-c2ccccc2F)cc1-c1ccccc1F. The number of pyridine rings is 1. The molecule has 4 nitrogen and oxygen atoms in total. The highest BCUT2D eigenvalue weighted by Gasteiger charge is 2.21. The Balaban J connectivity index is 2.25. The molecular formula is C17H10F2N2O2. The molecule has 0 bridgehead atoms. The fraction of sp³-hybridized carbons (Fsp3) is 0. The van der Waals surface area contributed by atoms with Crippen molar-refractivity contribution < 1.29 is 13.7 Å². The molecule has 2 aromatic carbocycles. The van der Waals surface area contributed by atoms with Crippen LogP contribution in [0.25, 0.3) is 22.3 Å². The van der Waals surface area contributed by atoms with Crippen molar-refractivity contribution in [2.45, 2.75) is 0 Å². The van der Waals surface area contributed by atoms with Gasteiger partial charge in [-0.15, -0.1) is 0 Å². The maximum atomic E-state index is 14.0. The van der Waals surface area contributed by atoms with Crippen LogP contribution in [0.1, 0.15) is 0 Å². The third-order valence-corrected chi connectivity index (χ3v) is 3.39. The molecule has 6 heteroatoms. The van der Waals surface area contributed by atoms with E-state index in [-0.39, 0.29) is 16.7 Å². The lowest BCUT2D eigenvalue weighted by Crippen LogP contribution is -1.98. The zero-order chi connectivity index (χ0) is 16.4. The van der Waals surface area contributed by atoms with Crippen LogP contribution in [0.2, 0.25) is 0 Å². The molecule has 0 saturated carbocycles. The van der Waals surface area contributed by atoms with Gasteiger partial charge in [0.15, 0.2) is 0 Å². The van der Waals surface area contributed by atoms with E-state index >= 15 is 0 Å². The van der Waals surface area contributed by atoms with Crippen LogP contribution in [0.3, 0.4) is 0 Å². The molecule has 0 aliphatic heterocycles. The molecule has 0 radical (unpaired) electrons. The number of hydrogen-bond acceptors (Lipinski definition) is 3. The highest BCUT2D eigenvalue weighted by molar-refractivity contribution is 5.77. The predicted molar refractivity (Wildman–Crippen MR) is 81.7 cm³/mol. The molecule has 1 heterocycles. The summed E-state index contributed by atoms with van der Waals surface area (Å²) in [6, 6.07) is 13.0. The average molecular weight is 312 g/mol. The summed E-state index contributed by atoms with van der Waals surface area (Å²) in [5.41, 5.74) is 0.637. The molecule has 114 valence electrons. The Bertz CT molecular complexity index is 897. The third-order valence-electron chi connectivity index (χ3n) is 3.39. The first-order valence-corrected chi connectivity index (χ1v) is 6.72. The minimum absolute atomic E-state index is 0.00820. The molecule has 0 unspecified atom stereocenters. The van der Waals surface area contributed by atoms with Gasteiger partial charge in [-0.05, 0) is 28.1 Å². The van der Waals surface area contributed by atoms with Crippen LogP contribution in [-0.2, 0) is 0 Å². The zero-order valence-corrected chi connectivity index (χ0v) is 11.7. The molecule has 0 fully saturated rings. The molecule has 0 amide bonds. The predicted octanol–water partition coefficient (Wildman–Crippen LogP) is 4.60. The van der Waals surface area contributed by atoms with E-state index in [1.807, 2.05) is 0 Å². The molecule has 0 aliphatic rings. The second-order valence-corrected chi connectivity index (χ2v) is 4.81. The first kappa shape index (κ1) is 14.8. The van der Waals surface area contributed by atoms with Gasteiger partial charge in [-0.2, -0.15) is 0 Å². The van der Waals surface area contributed by atoms with Crippen LogP contribution in [0, 0.1) is 21.7 Å². The minimum atomic E-state index is -0.688. The lowest BCUT2D eigenvalue weighted by atomic mass is 10.0. The van der Waals surface area contributed by atoms with Gasteiger partial charge in [0.2, 0.25) is 0 Å². The number of hydrogen-bond donors (Lipinski definition) is 0. The molecule has 0 atom stereocenters. The van der Waals surface area contributed by atoms with Crippen molar-refractivity contribution in [1.82, 2.24) is 4.98 Å². The normalized spacial score (nSPS) is 10.5. The number of benzene rings is 2. The summed E-state index contributed by atoms with van der Waals surface area (Å²) in [7, 11) is 0. The lowest BCUT2D eigenvalue weighted by molar-refractivity contribution is -0.388. The molecule has 0 N–H and O–H groups in total. The molecule has 23 heavy (non-hydrogen) atoms. The number of aromatic nitrogens is 1. The van der Waals surface area contributed by atoms with Gasteiger partial charge in [0.25, 0.3) is 0 Å². The van der Waals surface area contributed by atoms with E-state index in [4.69, 9.17) is 0 Å². The second kappa shape index (κ2) is 5.92. The summed E-state index contributed by atoms with van der Waals surface area (Å²) in [6.07, 6.45) is 1.21. The van der Waals surface area contributed by atoms with Crippen molar-refractivity contribution >= 4 is 5.82 Å². The zero-order valence-electron chi connectivity index (χ0n) is 11.7. The molecule has 0 saturated heterocycles. The van der Waals surface area contributed by atoms with E-state index in [9.17, 15) is 18.9 Å². The van der Waals surface area contributed by atoms with Crippen LogP contribution in [-0.4, -0.2) is 9.91 Å². The quantitative estimate of drug-likeness (QED) is 0.524. The molecule has 3 rings (SSSR count). The monoisotopic (exact) mass is 312 g/mol. The smallest absolute Gasteiger partial charge is 0.358 e. The summed E-state index contributed by atoms with van der Waals surface area (Å²) in [5, 5.41) is 11.2. The Kier molecular flexibility index (Phi) is 3.80. The van der Waals surface area contributed by atoms with Crippen LogP contribution >= 0.6 is 0 Å².